The Hall–Kier alpha value is -0.300. The van der Waals surface area contributed by atoms with Crippen LogP contribution in [0.2, 0.25) is 0 Å². The molecule has 3 nitrogen and oxygen atoms in total. The highest BCUT2D eigenvalue weighted by atomic mass is 32.2. The van der Waals surface area contributed by atoms with E-state index in [1.54, 1.807) is 6.92 Å². The molecule has 15 heavy (non-hydrogen) atoms. The molecular weight excluding hydrogens is 233 g/mol. The summed E-state index contributed by atoms with van der Waals surface area (Å²) < 4.78 is 60.6. The Bertz CT molecular complexity index is 271. The first kappa shape index (κ1) is 14.7. The minimum absolute atomic E-state index is 0.146. The summed E-state index contributed by atoms with van der Waals surface area (Å²) in [5.74, 6) is -0.146. The highest BCUT2D eigenvalue weighted by molar-refractivity contribution is 7.87. The van der Waals surface area contributed by atoms with Crippen molar-refractivity contribution in [2.24, 2.45) is 5.92 Å². The van der Waals surface area contributed by atoms with Crippen LogP contribution in [-0.4, -0.2) is 20.5 Å². The van der Waals surface area contributed by atoms with Crippen LogP contribution in [0.25, 0.3) is 0 Å². The Morgan fingerprint density at radius 3 is 2.13 bits per heavy atom. The molecule has 0 aromatic heterocycles. The van der Waals surface area contributed by atoms with E-state index in [0.29, 0.717) is 12.8 Å². The molecule has 0 rings (SSSR count). The molecule has 0 aliphatic heterocycles. The first-order valence-electron chi connectivity index (χ1n) is 4.70. The van der Waals surface area contributed by atoms with Crippen molar-refractivity contribution in [2.45, 2.75) is 38.6 Å². The molecule has 0 aliphatic carbocycles. The predicted octanol–water partition coefficient (Wildman–Crippen LogP) is 2.68. The molecule has 0 bridgehead atoms. The van der Waals surface area contributed by atoms with Gasteiger partial charge in [0.25, 0.3) is 0 Å². The first-order chi connectivity index (χ1) is 6.74. The Balaban J connectivity index is 4.26. The standard InChI is InChI=1S/C8H15F3O3S/c1-3-5-7(4-2)6-14-15(12,13)8(9,10)11/h7H,3-6H2,1-2H3. The van der Waals surface area contributed by atoms with E-state index in [1.165, 1.54) is 0 Å². The van der Waals surface area contributed by atoms with E-state index >= 15 is 0 Å². The SMILES string of the molecule is CCCC(CC)COS(=O)(=O)C(F)(F)F. The molecule has 0 aliphatic rings. The Morgan fingerprint density at radius 1 is 1.27 bits per heavy atom. The van der Waals surface area contributed by atoms with Gasteiger partial charge in [-0.2, -0.15) is 21.6 Å². The number of rotatable bonds is 6. The number of hydrogen-bond donors (Lipinski definition) is 0. The summed E-state index contributed by atoms with van der Waals surface area (Å²) in [7, 11) is -5.42. The maximum Gasteiger partial charge on any atom is 0.523 e. The predicted molar refractivity (Wildman–Crippen MR) is 49.6 cm³/mol. The van der Waals surface area contributed by atoms with Crippen LogP contribution in [0.15, 0.2) is 0 Å². The second-order valence-electron chi connectivity index (χ2n) is 3.25. The normalized spacial score (nSPS) is 15.3. The first-order valence-corrected chi connectivity index (χ1v) is 6.11. The van der Waals surface area contributed by atoms with Crippen LogP contribution in [-0.2, 0) is 14.3 Å². The minimum Gasteiger partial charge on any atom is -0.263 e. The van der Waals surface area contributed by atoms with Gasteiger partial charge in [-0.25, -0.2) is 0 Å². The third-order valence-electron chi connectivity index (χ3n) is 2.02. The molecule has 0 radical (unpaired) electrons. The van der Waals surface area contributed by atoms with Gasteiger partial charge in [-0.3, -0.25) is 4.18 Å². The van der Waals surface area contributed by atoms with Gasteiger partial charge in [-0.05, 0) is 12.3 Å². The summed E-state index contributed by atoms with van der Waals surface area (Å²) in [6.45, 7) is 3.26. The van der Waals surface area contributed by atoms with Crippen LogP contribution in [0.3, 0.4) is 0 Å². The third-order valence-corrected chi connectivity index (χ3v) is 3.03. The molecule has 0 fully saturated rings. The van der Waals surface area contributed by atoms with Crippen LogP contribution in [0, 0.1) is 5.92 Å². The Morgan fingerprint density at radius 2 is 1.80 bits per heavy atom. The maximum absolute atomic E-state index is 11.9. The smallest absolute Gasteiger partial charge is 0.263 e. The van der Waals surface area contributed by atoms with Gasteiger partial charge >= 0.3 is 15.6 Å². The second-order valence-corrected chi connectivity index (χ2v) is 4.85. The lowest BCUT2D eigenvalue weighted by Crippen LogP contribution is -2.27. The average molecular weight is 248 g/mol. The van der Waals surface area contributed by atoms with Crippen molar-refractivity contribution >= 4 is 10.1 Å². The van der Waals surface area contributed by atoms with Gasteiger partial charge in [0.1, 0.15) is 0 Å². The fourth-order valence-corrected chi connectivity index (χ4v) is 1.57. The van der Waals surface area contributed by atoms with Crippen molar-refractivity contribution < 1.29 is 25.8 Å². The van der Waals surface area contributed by atoms with Crippen molar-refractivity contribution in [2.75, 3.05) is 6.61 Å². The van der Waals surface area contributed by atoms with E-state index in [2.05, 4.69) is 4.18 Å². The van der Waals surface area contributed by atoms with Gasteiger partial charge in [0.15, 0.2) is 0 Å². The molecule has 7 heteroatoms. The highest BCUT2D eigenvalue weighted by Crippen LogP contribution is 2.25. The highest BCUT2D eigenvalue weighted by Gasteiger charge is 2.47. The fourth-order valence-electron chi connectivity index (χ4n) is 1.07. The molecule has 0 aromatic rings. The monoisotopic (exact) mass is 248 g/mol. The van der Waals surface area contributed by atoms with Gasteiger partial charge in [0, 0.05) is 0 Å². The summed E-state index contributed by atoms with van der Waals surface area (Å²) >= 11 is 0. The van der Waals surface area contributed by atoms with E-state index < -0.39 is 22.2 Å². The van der Waals surface area contributed by atoms with E-state index in [4.69, 9.17) is 0 Å². The summed E-state index contributed by atoms with van der Waals surface area (Å²) in [6, 6.07) is 0. The minimum atomic E-state index is -5.42. The van der Waals surface area contributed by atoms with Gasteiger partial charge in [0.05, 0.1) is 6.61 Å². The maximum atomic E-state index is 11.9. The molecule has 0 aromatic carbocycles. The fraction of sp³-hybridized carbons (Fsp3) is 1.00. The number of halogens is 3. The molecule has 1 unspecified atom stereocenters. The lowest BCUT2D eigenvalue weighted by molar-refractivity contribution is -0.0551. The quantitative estimate of drug-likeness (QED) is 0.536. The zero-order valence-corrected chi connectivity index (χ0v) is 9.49. The second kappa shape index (κ2) is 5.69. The zero-order valence-electron chi connectivity index (χ0n) is 8.67. The van der Waals surface area contributed by atoms with Crippen molar-refractivity contribution in [3.05, 3.63) is 0 Å². The summed E-state index contributed by atoms with van der Waals surface area (Å²) in [6.07, 6.45) is 2.04. The van der Waals surface area contributed by atoms with Crippen LogP contribution in [0.1, 0.15) is 33.1 Å². The molecular formula is C8H15F3O3S. The largest absolute Gasteiger partial charge is 0.523 e. The van der Waals surface area contributed by atoms with Crippen LogP contribution in [0.4, 0.5) is 13.2 Å². The molecule has 0 N–H and O–H groups in total. The molecule has 0 saturated carbocycles. The number of hydrogen-bond acceptors (Lipinski definition) is 3. The summed E-state index contributed by atoms with van der Waals surface area (Å²) in [4.78, 5) is 0. The topological polar surface area (TPSA) is 43.4 Å². The molecule has 1 atom stereocenters. The summed E-state index contributed by atoms with van der Waals surface area (Å²) in [5, 5.41) is 0. The van der Waals surface area contributed by atoms with Gasteiger partial charge in [0.2, 0.25) is 0 Å². The van der Waals surface area contributed by atoms with E-state index in [9.17, 15) is 21.6 Å². The molecule has 0 spiro atoms. The van der Waals surface area contributed by atoms with Crippen LogP contribution in [0.5, 0.6) is 0 Å². The van der Waals surface area contributed by atoms with Crippen molar-refractivity contribution in [1.29, 1.82) is 0 Å². The average Bonchev–Trinajstić information content (AvgIpc) is 2.10. The lowest BCUT2D eigenvalue weighted by atomic mass is 10.0. The molecule has 0 heterocycles. The van der Waals surface area contributed by atoms with Crippen molar-refractivity contribution in [3.63, 3.8) is 0 Å². The van der Waals surface area contributed by atoms with Gasteiger partial charge in [-0.15, -0.1) is 0 Å². The summed E-state index contributed by atoms with van der Waals surface area (Å²) in [5.41, 5.74) is -5.32. The van der Waals surface area contributed by atoms with E-state index in [-0.39, 0.29) is 5.92 Å². The number of alkyl halides is 3. The Labute approximate surface area is 87.7 Å². The van der Waals surface area contributed by atoms with Crippen molar-refractivity contribution in [1.82, 2.24) is 0 Å². The van der Waals surface area contributed by atoms with Crippen LogP contribution < -0.4 is 0 Å². The third kappa shape index (κ3) is 4.83. The molecule has 92 valence electrons. The lowest BCUT2D eigenvalue weighted by Gasteiger charge is -2.14. The van der Waals surface area contributed by atoms with Crippen molar-refractivity contribution in [3.8, 4) is 0 Å². The van der Waals surface area contributed by atoms with Crippen LogP contribution >= 0.6 is 0 Å². The van der Waals surface area contributed by atoms with E-state index in [1.807, 2.05) is 6.92 Å². The van der Waals surface area contributed by atoms with Gasteiger partial charge < -0.3 is 0 Å². The molecule has 0 amide bonds. The molecule has 0 saturated heterocycles. The zero-order chi connectivity index (χ0) is 12.1. The van der Waals surface area contributed by atoms with Gasteiger partial charge in [-0.1, -0.05) is 26.7 Å². The van der Waals surface area contributed by atoms with E-state index in [0.717, 1.165) is 6.42 Å². The Kier molecular flexibility index (Phi) is 5.58.